The van der Waals surface area contributed by atoms with Crippen LogP contribution in [0.25, 0.3) is 5.57 Å². The molecule has 3 rings (SSSR count). The molecule has 2 amide bonds. The third kappa shape index (κ3) is 4.82. The summed E-state index contributed by atoms with van der Waals surface area (Å²) in [6.07, 6.45) is 2.67. The minimum atomic E-state index is -0.481. The first-order valence-electron chi connectivity index (χ1n) is 10.6. The lowest BCUT2D eigenvalue weighted by atomic mass is 10.0. The van der Waals surface area contributed by atoms with Gasteiger partial charge in [-0.1, -0.05) is 50.1 Å². The number of unbranched alkanes of at least 4 members (excludes halogenated alkanes) is 2. The molecular weight excluding hydrogens is 394 g/mol. The monoisotopic (exact) mass is 421 g/mol. The first-order valence-corrected chi connectivity index (χ1v) is 10.6. The minimum Gasteiger partial charge on any atom is -0.362 e. The fourth-order valence-electron chi connectivity index (χ4n) is 3.74. The molecule has 1 aliphatic heterocycles. The Morgan fingerprint density at radius 2 is 1.61 bits per heavy atom. The van der Waals surface area contributed by atoms with Crippen LogP contribution in [0.1, 0.15) is 44.2 Å². The highest BCUT2D eigenvalue weighted by atomic mass is 16.6. The number of benzene rings is 2. The molecule has 2 aromatic carbocycles. The molecule has 31 heavy (non-hydrogen) atoms. The highest BCUT2D eigenvalue weighted by molar-refractivity contribution is 6.35. The summed E-state index contributed by atoms with van der Waals surface area (Å²) in [6, 6.07) is 15.6. The Morgan fingerprint density at radius 1 is 0.935 bits per heavy atom. The molecule has 0 saturated carbocycles. The van der Waals surface area contributed by atoms with E-state index in [1.54, 1.807) is 12.1 Å². The van der Waals surface area contributed by atoms with Crippen molar-refractivity contribution in [2.24, 2.45) is 0 Å². The van der Waals surface area contributed by atoms with Gasteiger partial charge in [0.2, 0.25) is 0 Å². The van der Waals surface area contributed by atoms with E-state index in [1.165, 1.54) is 17.0 Å². The summed E-state index contributed by atoms with van der Waals surface area (Å²) in [5, 5.41) is 11.0. The number of rotatable bonds is 10. The Labute approximate surface area is 182 Å². The summed E-state index contributed by atoms with van der Waals surface area (Å²) in [4.78, 5) is 40.4. The van der Waals surface area contributed by atoms with E-state index in [4.69, 9.17) is 0 Å². The lowest BCUT2D eigenvalue weighted by Gasteiger charge is -2.25. The van der Waals surface area contributed by atoms with Gasteiger partial charge in [0.25, 0.3) is 17.5 Å². The van der Waals surface area contributed by atoms with Crippen LogP contribution in [0.3, 0.4) is 0 Å². The molecule has 0 N–H and O–H groups in total. The third-order valence-electron chi connectivity index (χ3n) is 5.41. The van der Waals surface area contributed by atoms with Gasteiger partial charge in [-0.15, -0.1) is 0 Å². The molecule has 0 fully saturated rings. The van der Waals surface area contributed by atoms with Gasteiger partial charge in [0.15, 0.2) is 0 Å². The number of hydrogen-bond acceptors (Lipinski definition) is 5. The molecule has 1 heterocycles. The molecular formula is C24H27N3O4. The van der Waals surface area contributed by atoms with Crippen LogP contribution in [0.5, 0.6) is 0 Å². The number of imide groups is 1. The van der Waals surface area contributed by atoms with Crippen LogP contribution >= 0.6 is 0 Å². The quantitative estimate of drug-likeness (QED) is 0.246. The van der Waals surface area contributed by atoms with Crippen LogP contribution in [-0.2, 0) is 16.1 Å². The summed E-state index contributed by atoms with van der Waals surface area (Å²) in [5.41, 5.74) is 2.17. The van der Waals surface area contributed by atoms with Gasteiger partial charge >= 0.3 is 0 Å². The summed E-state index contributed by atoms with van der Waals surface area (Å²) in [6.45, 7) is 5.42. The van der Waals surface area contributed by atoms with Gasteiger partial charge in [-0.05, 0) is 36.6 Å². The van der Waals surface area contributed by atoms with Gasteiger partial charge in [0, 0.05) is 31.8 Å². The van der Waals surface area contributed by atoms with E-state index >= 15 is 0 Å². The lowest BCUT2D eigenvalue weighted by molar-refractivity contribution is -0.384. The van der Waals surface area contributed by atoms with E-state index in [0.29, 0.717) is 36.5 Å². The molecule has 0 unspecified atom stereocenters. The van der Waals surface area contributed by atoms with E-state index in [1.807, 2.05) is 42.2 Å². The van der Waals surface area contributed by atoms with Crippen LogP contribution in [-0.4, -0.2) is 39.6 Å². The zero-order valence-electron chi connectivity index (χ0n) is 17.9. The average Bonchev–Trinajstić information content (AvgIpc) is 3.03. The van der Waals surface area contributed by atoms with E-state index in [2.05, 4.69) is 6.92 Å². The Morgan fingerprint density at radius 3 is 2.19 bits per heavy atom. The van der Waals surface area contributed by atoms with Crippen LogP contribution in [0.4, 0.5) is 5.69 Å². The zero-order valence-corrected chi connectivity index (χ0v) is 17.9. The van der Waals surface area contributed by atoms with Crippen LogP contribution < -0.4 is 0 Å². The number of non-ortho nitro benzene ring substituents is 1. The molecule has 2 aromatic rings. The maximum absolute atomic E-state index is 13.4. The molecule has 0 atom stereocenters. The molecule has 7 heteroatoms. The van der Waals surface area contributed by atoms with Gasteiger partial charge in [-0.2, -0.15) is 0 Å². The largest absolute Gasteiger partial charge is 0.362 e. The smallest absolute Gasteiger partial charge is 0.277 e. The van der Waals surface area contributed by atoms with Crippen molar-refractivity contribution in [1.29, 1.82) is 0 Å². The van der Waals surface area contributed by atoms with Crippen molar-refractivity contribution in [2.75, 3.05) is 13.1 Å². The second-order valence-corrected chi connectivity index (χ2v) is 7.50. The molecule has 7 nitrogen and oxygen atoms in total. The average molecular weight is 421 g/mol. The standard InChI is InChI=1S/C24H27N3O4/c1-3-5-9-16-26-23(28)21(19-12-14-20(15-13-19)27(30)31)22(24(26)29)25(4-2)17-18-10-7-6-8-11-18/h6-8,10-15H,3-5,9,16-17H2,1-2H3. The summed E-state index contributed by atoms with van der Waals surface area (Å²) in [7, 11) is 0. The van der Waals surface area contributed by atoms with E-state index in [0.717, 1.165) is 24.8 Å². The number of nitro groups is 1. The molecule has 0 bridgehead atoms. The first-order chi connectivity index (χ1) is 15.0. The van der Waals surface area contributed by atoms with Gasteiger partial charge in [-0.3, -0.25) is 24.6 Å². The predicted molar refractivity (Wildman–Crippen MR) is 119 cm³/mol. The molecule has 0 spiro atoms. The first kappa shape index (κ1) is 22.2. The van der Waals surface area contributed by atoms with Crippen molar-refractivity contribution in [3.63, 3.8) is 0 Å². The van der Waals surface area contributed by atoms with Crippen molar-refractivity contribution < 1.29 is 14.5 Å². The number of likely N-dealkylation sites (N-methyl/N-ethyl adjacent to an activating group) is 1. The maximum atomic E-state index is 13.4. The highest BCUT2D eigenvalue weighted by Gasteiger charge is 2.41. The molecule has 1 aliphatic rings. The fourth-order valence-corrected chi connectivity index (χ4v) is 3.74. The second kappa shape index (κ2) is 10.0. The summed E-state index contributed by atoms with van der Waals surface area (Å²) in [5.74, 6) is -0.635. The molecule has 0 aliphatic carbocycles. The fraction of sp³-hybridized carbons (Fsp3) is 0.333. The lowest BCUT2D eigenvalue weighted by Crippen LogP contribution is -2.35. The summed E-state index contributed by atoms with van der Waals surface area (Å²) >= 11 is 0. The van der Waals surface area contributed by atoms with Crippen LogP contribution in [0.15, 0.2) is 60.3 Å². The normalized spacial score (nSPS) is 13.8. The van der Waals surface area contributed by atoms with Crippen LogP contribution in [0, 0.1) is 10.1 Å². The van der Waals surface area contributed by atoms with E-state index in [9.17, 15) is 19.7 Å². The predicted octanol–water partition coefficient (Wildman–Crippen LogP) is 4.39. The maximum Gasteiger partial charge on any atom is 0.277 e. The van der Waals surface area contributed by atoms with Gasteiger partial charge in [-0.25, -0.2) is 0 Å². The number of nitro benzene ring substituents is 1. The highest BCUT2D eigenvalue weighted by Crippen LogP contribution is 2.33. The number of carbonyl (C=O) groups excluding carboxylic acids is 2. The number of hydrogen-bond donors (Lipinski definition) is 0. The van der Waals surface area contributed by atoms with Crippen molar-refractivity contribution in [2.45, 2.75) is 39.7 Å². The Hall–Kier alpha value is -3.48. The Bertz CT molecular complexity index is 984. The minimum absolute atomic E-state index is 0.0564. The number of nitrogens with zero attached hydrogens (tertiary/aromatic N) is 3. The van der Waals surface area contributed by atoms with E-state index < -0.39 is 4.92 Å². The topological polar surface area (TPSA) is 83.8 Å². The summed E-state index contributed by atoms with van der Waals surface area (Å²) < 4.78 is 0. The van der Waals surface area contributed by atoms with Crippen molar-refractivity contribution in [3.05, 3.63) is 81.5 Å². The zero-order chi connectivity index (χ0) is 22.4. The van der Waals surface area contributed by atoms with Crippen molar-refractivity contribution in [3.8, 4) is 0 Å². The third-order valence-corrected chi connectivity index (χ3v) is 5.41. The SMILES string of the molecule is CCCCCN1C(=O)C(c2ccc([N+](=O)[O-])cc2)=C(N(CC)Cc2ccccc2)C1=O. The Kier molecular flexibility index (Phi) is 7.18. The molecule has 0 radical (unpaired) electrons. The van der Waals surface area contributed by atoms with Crippen molar-refractivity contribution in [1.82, 2.24) is 9.80 Å². The van der Waals surface area contributed by atoms with Gasteiger partial charge in [0.1, 0.15) is 5.70 Å². The second-order valence-electron chi connectivity index (χ2n) is 7.50. The van der Waals surface area contributed by atoms with Crippen molar-refractivity contribution >= 4 is 23.1 Å². The molecule has 162 valence electrons. The van der Waals surface area contributed by atoms with Gasteiger partial charge in [0.05, 0.1) is 10.5 Å². The van der Waals surface area contributed by atoms with Gasteiger partial charge < -0.3 is 4.90 Å². The molecule has 0 aromatic heterocycles. The molecule has 0 saturated heterocycles. The number of amides is 2. The number of carbonyl (C=O) groups is 2. The Balaban J connectivity index is 2.03. The van der Waals surface area contributed by atoms with Crippen LogP contribution in [0.2, 0.25) is 0 Å². The van der Waals surface area contributed by atoms with E-state index in [-0.39, 0.29) is 17.5 Å².